The molecule has 1 N–H and O–H groups in total. The first-order valence-electron chi connectivity index (χ1n) is 31.2. The fraction of sp³-hybridized carbons (Fsp3) is 1.00. The average molecular weight is 1200 g/mol. The van der Waals surface area contributed by atoms with Crippen molar-refractivity contribution >= 4 is 0 Å². The Hall–Kier alpha value is -0.920. The molecule has 0 bridgehead atoms. The van der Waals surface area contributed by atoms with Gasteiger partial charge in [0, 0.05) is 6.61 Å². The number of hydrogen-bond donors (Lipinski definition) is 1. The normalized spacial score (nSPS) is 11.8. The van der Waals surface area contributed by atoms with E-state index in [9.17, 15) is 0 Å². The van der Waals surface area contributed by atoms with Crippen LogP contribution in [0.2, 0.25) is 0 Å². The third-order valence-electron chi connectivity index (χ3n) is 11.4. The van der Waals surface area contributed by atoms with Crippen molar-refractivity contribution in [2.75, 3.05) is 297 Å². The van der Waals surface area contributed by atoms with E-state index in [0.717, 1.165) is 13.0 Å². The van der Waals surface area contributed by atoms with Crippen LogP contribution in [-0.2, 0) is 104 Å². The molecule has 0 atom stereocenters. The zero-order valence-electron chi connectivity index (χ0n) is 51.4. The van der Waals surface area contributed by atoms with Gasteiger partial charge in [0.15, 0.2) is 0 Å². The van der Waals surface area contributed by atoms with Gasteiger partial charge in [0.1, 0.15) is 0 Å². The summed E-state index contributed by atoms with van der Waals surface area (Å²) in [6.07, 6.45) is 17.7. The SMILES string of the molecule is CCCCCCCCCCCCCCCOCCOCCOCCOCCOCCOCCOCCOCCOCCOCCOCCOCCOCCOCCOCCOCCOCCOCCOCCOCCOCCOCCO. The maximum Gasteiger partial charge on any atom is 0.0701 e. The molecule has 0 spiro atoms. The average Bonchev–Trinajstić information content (AvgIpc) is 3.48. The van der Waals surface area contributed by atoms with Gasteiger partial charge in [0.2, 0.25) is 0 Å². The molecule has 0 rings (SSSR count). The van der Waals surface area contributed by atoms with Gasteiger partial charge in [-0.3, -0.25) is 0 Å². The lowest BCUT2D eigenvalue weighted by atomic mass is 10.0. The van der Waals surface area contributed by atoms with E-state index in [1.165, 1.54) is 77.0 Å². The fourth-order valence-electron chi connectivity index (χ4n) is 7.01. The minimum Gasteiger partial charge on any atom is -0.394 e. The van der Waals surface area contributed by atoms with Crippen LogP contribution in [0.3, 0.4) is 0 Å². The van der Waals surface area contributed by atoms with Gasteiger partial charge in [0.05, 0.1) is 291 Å². The Morgan fingerprint density at radius 3 is 0.378 bits per heavy atom. The molecule has 0 aliphatic carbocycles. The van der Waals surface area contributed by atoms with Crippen LogP contribution in [0.15, 0.2) is 0 Å². The van der Waals surface area contributed by atoms with E-state index in [2.05, 4.69) is 6.92 Å². The Morgan fingerprint density at radius 1 is 0.134 bits per heavy atom. The van der Waals surface area contributed by atoms with Crippen LogP contribution < -0.4 is 0 Å². The first kappa shape index (κ1) is 81.1. The maximum absolute atomic E-state index is 8.61. The Balaban J connectivity index is 3.08. The van der Waals surface area contributed by atoms with Crippen LogP contribution in [0.4, 0.5) is 0 Å². The van der Waals surface area contributed by atoms with Crippen LogP contribution in [0.5, 0.6) is 0 Å². The minimum atomic E-state index is 0.0193. The van der Waals surface area contributed by atoms with E-state index in [0.29, 0.717) is 284 Å². The summed E-state index contributed by atoms with van der Waals surface area (Å²) in [5.41, 5.74) is 0. The van der Waals surface area contributed by atoms with Gasteiger partial charge < -0.3 is 109 Å². The van der Waals surface area contributed by atoms with Gasteiger partial charge in [-0.25, -0.2) is 0 Å². The Bertz CT molecular complexity index is 1000. The zero-order valence-corrected chi connectivity index (χ0v) is 51.4. The van der Waals surface area contributed by atoms with Crippen molar-refractivity contribution in [3.63, 3.8) is 0 Å². The van der Waals surface area contributed by atoms with Crippen molar-refractivity contribution in [1.29, 1.82) is 0 Å². The van der Waals surface area contributed by atoms with Gasteiger partial charge in [-0.15, -0.1) is 0 Å². The maximum atomic E-state index is 8.61. The first-order chi connectivity index (χ1) is 40.9. The topological polar surface area (TPSA) is 223 Å². The van der Waals surface area contributed by atoms with Crippen LogP contribution in [0.25, 0.3) is 0 Å². The summed E-state index contributed by atoms with van der Waals surface area (Å²) in [6.45, 7) is 24.6. The standard InChI is InChI=1S/C59H120O23/c1-2-3-4-5-6-7-8-9-10-11-12-13-14-16-61-18-20-63-22-24-65-26-28-67-30-32-69-34-36-71-38-40-73-42-44-75-46-48-77-50-52-79-54-56-81-58-59-82-57-55-80-53-51-78-49-47-76-45-43-74-41-39-72-37-35-70-33-31-68-29-27-66-25-23-64-21-19-62-17-15-60/h60H,2-59H2,1H3. The van der Waals surface area contributed by atoms with Gasteiger partial charge in [-0.1, -0.05) is 84.0 Å². The van der Waals surface area contributed by atoms with Crippen molar-refractivity contribution < 1.29 is 109 Å². The summed E-state index contributed by atoms with van der Waals surface area (Å²) in [5, 5.41) is 8.61. The zero-order chi connectivity index (χ0) is 58.6. The molecule has 0 aromatic rings. The number of ether oxygens (including phenoxy) is 22. The molecule has 0 unspecified atom stereocenters. The number of rotatable bonds is 79. The summed E-state index contributed by atoms with van der Waals surface area (Å²) >= 11 is 0. The molecule has 0 fully saturated rings. The van der Waals surface area contributed by atoms with Crippen LogP contribution >= 0.6 is 0 Å². The predicted octanol–water partition coefficient (Wildman–Crippen LogP) is 5.44. The molecule has 23 nitrogen and oxygen atoms in total. The largest absolute Gasteiger partial charge is 0.394 e. The Morgan fingerprint density at radius 2 is 0.244 bits per heavy atom. The lowest BCUT2D eigenvalue weighted by molar-refractivity contribution is -0.0318. The van der Waals surface area contributed by atoms with E-state index in [1.807, 2.05) is 0 Å². The van der Waals surface area contributed by atoms with Crippen molar-refractivity contribution in [3.05, 3.63) is 0 Å². The third kappa shape index (κ3) is 79.1. The molecule has 0 aliphatic heterocycles. The highest BCUT2D eigenvalue weighted by atomic mass is 16.6. The van der Waals surface area contributed by atoms with E-state index >= 15 is 0 Å². The second-order valence-electron chi connectivity index (χ2n) is 18.4. The number of hydrogen-bond acceptors (Lipinski definition) is 23. The molecular weight excluding hydrogens is 1080 g/mol. The summed E-state index contributed by atoms with van der Waals surface area (Å²) in [4.78, 5) is 0. The molecular formula is C59H120O23. The monoisotopic (exact) mass is 1200 g/mol. The van der Waals surface area contributed by atoms with Crippen LogP contribution in [0, 0.1) is 0 Å². The second-order valence-corrected chi connectivity index (χ2v) is 18.4. The molecule has 0 heterocycles. The van der Waals surface area contributed by atoms with Crippen LogP contribution in [0.1, 0.15) is 90.4 Å². The molecule has 0 saturated heterocycles. The van der Waals surface area contributed by atoms with Gasteiger partial charge in [-0.05, 0) is 6.42 Å². The van der Waals surface area contributed by atoms with Crippen LogP contribution in [-0.4, -0.2) is 302 Å². The quantitative estimate of drug-likeness (QED) is 0.0749. The second kappa shape index (κ2) is 80.1. The highest BCUT2D eigenvalue weighted by Gasteiger charge is 2.01. The van der Waals surface area contributed by atoms with E-state index in [1.54, 1.807) is 0 Å². The van der Waals surface area contributed by atoms with Crippen molar-refractivity contribution in [3.8, 4) is 0 Å². The highest BCUT2D eigenvalue weighted by molar-refractivity contribution is 4.50. The summed E-state index contributed by atoms with van der Waals surface area (Å²) in [6, 6.07) is 0. The molecule has 0 radical (unpaired) electrons. The molecule has 23 heteroatoms. The lowest BCUT2D eigenvalue weighted by Crippen LogP contribution is -2.16. The fourth-order valence-corrected chi connectivity index (χ4v) is 7.01. The van der Waals surface area contributed by atoms with Crippen molar-refractivity contribution in [2.45, 2.75) is 90.4 Å². The van der Waals surface area contributed by atoms with Gasteiger partial charge in [0.25, 0.3) is 0 Å². The highest BCUT2D eigenvalue weighted by Crippen LogP contribution is 2.12. The summed E-state index contributed by atoms with van der Waals surface area (Å²) < 4.78 is 121. The first-order valence-corrected chi connectivity index (χ1v) is 31.2. The smallest absolute Gasteiger partial charge is 0.0701 e. The summed E-state index contributed by atoms with van der Waals surface area (Å²) in [7, 11) is 0. The minimum absolute atomic E-state index is 0.0193. The third-order valence-corrected chi connectivity index (χ3v) is 11.4. The molecule has 0 amide bonds. The number of aliphatic hydroxyl groups excluding tert-OH is 1. The molecule has 0 aliphatic rings. The van der Waals surface area contributed by atoms with E-state index in [4.69, 9.17) is 109 Å². The number of aliphatic hydroxyl groups is 1. The van der Waals surface area contributed by atoms with Gasteiger partial charge >= 0.3 is 0 Å². The number of unbranched alkanes of at least 4 members (excludes halogenated alkanes) is 12. The Labute approximate surface area is 495 Å². The van der Waals surface area contributed by atoms with E-state index < -0.39 is 0 Å². The van der Waals surface area contributed by atoms with Crippen molar-refractivity contribution in [2.24, 2.45) is 0 Å². The summed E-state index contributed by atoms with van der Waals surface area (Å²) in [5.74, 6) is 0. The molecule has 0 aromatic carbocycles. The molecule has 0 aromatic heterocycles. The lowest BCUT2D eigenvalue weighted by Gasteiger charge is -2.09. The predicted molar refractivity (Wildman–Crippen MR) is 311 cm³/mol. The molecule has 0 saturated carbocycles. The Kier molecular flexibility index (Phi) is 79.2. The van der Waals surface area contributed by atoms with Gasteiger partial charge in [-0.2, -0.15) is 0 Å². The molecule has 82 heavy (non-hydrogen) atoms. The van der Waals surface area contributed by atoms with E-state index in [-0.39, 0.29) is 6.61 Å². The van der Waals surface area contributed by atoms with Crippen molar-refractivity contribution in [1.82, 2.24) is 0 Å². The molecule has 494 valence electrons.